The van der Waals surface area contributed by atoms with Crippen LogP contribution in [-0.2, 0) is 11.2 Å². The van der Waals surface area contributed by atoms with Gasteiger partial charge in [-0.2, -0.15) is 0 Å². The lowest BCUT2D eigenvalue weighted by atomic mass is 9.98. The maximum absolute atomic E-state index is 5.93. The molecule has 5 heteroatoms. The fourth-order valence-electron chi connectivity index (χ4n) is 2.66. The molecule has 1 aromatic rings. The van der Waals surface area contributed by atoms with Crippen LogP contribution in [-0.4, -0.2) is 36.8 Å². The number of anilines is 2. The summed E-state index contributed by atoms with van der Waals surface area (Å²) in [6.07, 6.45) is 4.84. The maximum Gasteiger partial charge on any atom is 0.137 e. The normalized spacial score (nSPS) is 20.1. The molecule has 1 unspecified atom stereocenters. The molecule has 0 aromatic carbocycles. The molecule has 0 aliphatic carbocycles. The van der Waals surface area contributed by atoms with Crippen LogP contribution in [0, 0.1) is 5.92 Å². The maximum atomic E-state index is 5.93. The summed E-state index contributed by atoms with van der Waals surface area (Å²) in [6, 6.07) is 0. The average Bonchev–Trinajstić information content (AvgIpc) is 2.39. The minimum atomic E-state index is 0.588. The van der Waals surface area contributed by atoms with Gasteiger partial charge in [0.25, 0.3) is 0 Å². The average molecular weight is 250 g/mol. The Balaban J connectivity index is 2.18. The molecule has 0 saturated carbocycles. The van der Waals surface area contributed by atoms with Crippen molar-refractivity contribution >= 4 is 11.6 Å². The van der Waals surface area contributed by atoms with Gasteiger partial charge in [0.05, 0.1) is 6.61 Å². The number of aromatic nitrogens is 2. The van der Waals surface area contributed by atoms with Crippen molar-refractivity contribution in [2.75, 3.05) is 37.4 Å². The van der Waals surface area contributed by atoms with Crippen molar-refractivity contribution < 1.29 is 4.74 Å². The van der Waals surface area contributed by atoms with E-state index in [9.17, 15) is 0 Å². The van der Waals surface area contributed by atoms with Crippen molar-refractivity contribution in [3.63, 3.8) is 0 Å². The van der Waals surface area contributed by atoms with E-state index in [0.717, 1.165) is 37.5 Å². The van der Waals surface area contributed by atoms with Crippen molar-refractivity contribution in [2.24, 2.45) is 5.92 Å². The van der Waals surface area contributed by atoms with Gasteiger partial charge in [0.2, 0.25) is 0 Å². The first-order valence-electron chi connectivity index (χ1n) is 6.59. The number of nitrogens with two attached hydrogens (primary N) is 1. The van der Waals surface area contributed by atoms with Gasteiger partial charge in [0.15, 0.2) is 0 Å². The summed E-state index contributed by atoms with van der Waals surface area (Å²) in [4.78, 5) is 10.8. The molecule has 100 valence electrons. The van der Waals surface area contributed by atoms with E-state index in [1.165, 1.54) is 12.8 Å². The van der Waals surface area contributed by atoms with E-state index in [4.69, 9.17) is 10.5 Å². The molecule has 1 aliphatic heterocycles. The number of nitrogen functional groups attached to an aromatic ring is 1. The van der Waals surface area contributed by atoms with Crippen molar-refractivity contribution in [1.29, 1.82) is 0 Å². The molecule has 5 nitrogen and oxygen atoms in total. The number of ether oxygens (including phenoxy) is 1. The molecule has 1 aliphatic rings. The Morgan fingerprint density at radius 3 is 3.06 bits per heavy atom. The van der Waals surface area contributed by atoms with Crippen LogP contribution in [0.25, 0.3) is 0 Å². The first kappa shape index (κ1) is 13.1. The summed E-state index contributed by atoms with van der Waals surface area (Å²) in [5.74, 6) is 2.20. The summed E-state index contributed by atoms with van der Waals surface area (Å²) < 4.78 is 5.26. The van der Waals surface area contributed by atoms with E-state index in [0.29, 0.717) is 11.7 Å². The van der Waals surface area contributed by atoms with Crippen molar-refractivity contribution in [1.82, 2.24) is 9.97 Å². The van der Waals surface area contributed by atoms with Crippen molar-refractivity contribution in [3.05, 3.63) is 11.9 Å². The number of rotatable bonds is 4. The summed E-state index contributed by atoms with van der Waals surface area (Å²) in [5, 5.41) is 0. The van der Waals surface area contributed by atoms with Gasteiger partial charge in [-0.3, -0.25) is 0 Å². The highest BCUT2D eigenvalue weighted by Gasteiger charge is 2.23. The van der Waals surface area contributed by atoms with Gasteiger partial charge in [-0.05, 0) is 25.2 Å². The van der Waals surface area contributed by atoms with Crippen LogP contribution in [0.5, 0.6) is 0 Å². The van der Waals surface area contributed by atoms with E-state index >= 15 is 0 Å². The molecular weight excluding hydrogens is 228 g/mol. The van der Waals surface area contributed by atoms with E-state index in [1.54, 1.807) is 13.4 Å². The molecule has 1 atom stereocenters. The highest BCUT2D eigenvalue weighted by molar-refractivity contribution is 5.56. The Morgan fingerprint density at radius 2 is 2.33 bits per heavy atom. The minimum Gasteiger partial charge on any atom is -0.384 e. The Hall–Kier alpha value is -1.36. The molecule has 2 heterocycles. The lowest BCUT2D eigenvalue weighted by Crippen LogP contribution is -2.38. The Morgan fingerprint density at radius 1 is 1.50 bits per heavy atom. The standard InChI is InChI=1S/C13H22N4O/c1-3-11-12(14)15-9-16-13(11)17-6-4-5-10(7-17)8-18-2/h9-10H,3-8H2,1-2H3,(H2,14,15,16). The molecule has 1 fully saturated rings. The molecule has 2 rings (SSSR count). The van der Waals surface area contributed by atoms with Crippen molar-refractivity contribution in [3.8, 4) is 0 Å². The summed E-state index contributed by atoms with van der Waals surface area (Å²) in [6.45, 7) is 4.95. The SMILES string of the molecule is CCc1c(N)ncnc1N1CCCC(COC)C1. The van der Waals surface area contributed by atoms with Gasteiger partial charge in [-0.25, -0.2) is 9.97 Å². The molecule has 0 spiro atoms. The smallest absolute Gasteiger partial charge is 0.137 e. The Bertz CT molecular complexity index is 395. The number of hydrogen-bond acceptors (Lipinski definition) is 5. The highest BCUT2D eigenvalue weighted by atomic mass is 16.5. The van der Waals surface area contributed by atoms with E-state index in [1.807, 2.05) is 0 Å². The second kappa shape index (κ2) is 6.00. The third-order valence-electron chi connectivity index (χ3n) is 3.53. The van der Waals surface area contributed by atoms with E-state index in [2.05, 4.69) is 21.8 Å². The van der Waals surface area contributed by atoms with Gasteiger partial charge >= 0.3 is 0 Å². The molecule has 0 amide bonds. The molecule has 18 heavy (non-hydrogen) atoms. The van der Waals surface area contributed by atoms with Gasteiger partial charge in [-0.1, -0.05) is 6.92 Å². The first-order valence-corrected chi connectivity index (χ1v) is 6.59. The van der Waals surface area contributed by atoms with Crippen LogP contribution >= 0.6 is 0 Å². The molecule has 2 N–H and O–H groups in total. The van der Waals surface area contributed by atoms with E-state index < -0.39 is 0 Å². The quantitative estimate of drug-likeness (QED) is 0.877. The Kier molecular flexibility index (Phi) is 4.36. The monoisotopic (exact) mass is 250 g/mol. The highest BCUT2D eigenvalue weighted by Crippen LogP contribution is 2.26. The zero-order chi connectivity index (χ0) is 13.0. The van der Waals surface area contributed by atoms with Crippen LogP contribution in [0.15, 0.2) is 6.33 Å². The molecule has 1 saturated heterocycles. The topological polar surface area (TPSA) is 64.3 Å². The van der Waals surface area contributed by atoms with E-state index in [-0.39, 0.29) is 0 Å². The molecular formula is C13H22N4O. The number of hydrogen-bond donors (Lipinski definition) is 1. The predicted molar refractivity (Wildman–Crippen MR) is 72.6 cm³/mol. The largest absolute Gasteiger partial charge is 0.384 e. The Labute approximate surface area is 108 Å². The number of nitrogens with zero attached hydrogens (tertiary/aromatic N) is 3. The van der Waals surface area contributed by atoms with Crippen LogP contribution in [0.2, 0.25) is 0 Å². The van der Waals surface area contributed by atoms with Crippen LogP contribution in [0.3, 0.4) is 0 Å². The molecule has 0 radical (unpaired) electrons. The molecule has 0 bridgehead atoms. The van der Waals surface area contributed by atoms with Gasteiger partial charge < -0.3 is 15.4 Å². The summed E-state index contributed by atoms with van der Waals surface area (Å²) >= 11 is 0. The van der Waals surface area contributed by atoms with Crippen LogP contribution < -0.4 is 10.6 Å². The third-order valence-corrected chi connectivity index (χ3v) is 3.53. The van der Waals surface area contributed by atoms with Crippen molar-refractivity contribution in [2.45, 2.75) is 26.2 Å². The second-order valence-corrected chi connectivity index (χ2v) is 4.82. The number of methoxy groups -OCH3 is 1. The fraction of sp³-hybridized carbons (Fsp3) is 0.692. The van der Waals surface area contributed by atoms with Crippen LogP contribution in [0.1, 0.15) is 25.3 Å². The zero-order valence-electron chi connectivity index (χ0n) is 11.2. The van der Waals surface area contributed by atoms with Gasteiger partial charge in [0.1, 0.15) is 18.0 Å². The minimum absolute atomic E-state index is 0.588. The van der Waals surface area contributed by atoms with Gasteiger partial charge in [-0.15, -0.1) is 0 Å². The predicted octanol–water partition coefficient (Wildman–Crippen LogP) is 1.48. The second-order valence-electron chi connectivity index (χ2n) is 4.82. The fourth-order valence-corrected chi connectivity index (χ4v) is 2.66. The van der Waals surface area contributed by atoms with Crippen LogP contribution in [0.4, 0.5) is 11.6 Å². The number of piperidine rings is 1. The third kappa shape index (κ3) is 2.72. The zero-order valence-corrected chi connectivity index (χ0v) is 11.2. The molecule has 1 aromatic heterocycles. The lowest BCUT2D eigenvalue weighted by molar-refractivity contribution is 0.143. The summed E-state index contributed by atoms with van der Waals surface area (Å²) in [7, 11) is 1.76. The lowest BCUT2D eigenvalue weighted by Gasteiger charge is -2.34. The van der Waals surface area contributed by atoms with Gasteiger partial charge in [0, 0.05) is 25.8 Å². The first-order chi connectivity index (χ1) is 8.76. The summed E-state index contributed by atoms with van der Waals surface area (Å²) in [5.41, 5.74) is 6.99.